The molecule has 6 heteroatoms. The molecule has 0 aliphatic heterocycles. The van der Waals surface area contributed by atoms with Crippen molar-refractivity contribution in [2.45, 2.75) is 16.9 Å². The maximum Gasteiger partial charge on any atom is 0.179 e. The number of hydrogen-bond donors (Lipinski definition) is 0. The third-order valence-electron chi connectivity index (χ3n) is 3.18. The van der Waals surface area contributed by atoms with Crippen LogP contribution in [0.4, 0.5) is 5.69 Å². The Hall–Kier alpha value is -0.760. The van der Waals surface area contributed by atoms with E-state index in [9.17, 15) is 0 Å². The molecule has 0 bridgehead atoms. The third kappa shape index (κ3) is 4.65. The Morgan fingerprint density at radius 1 is 1.17 bits per heavy atom. The van der Waals surface area contributed by atoms with Gasteiger partial charge in [0.15, 0.2) is 5.09 Å². The normalized spacial score (nSPS) is 11.3. The molecule has 0 N–H and O–H groups in total. The van der Waals surface area contributed by atoms with E-state index in [1.807, 2.05) is 36.4 Å². The molecule has 0 saturated heterocycles. The molecule has 0 aliphatic carbocycles. The van der Waals surface area contributed by atoms with Crippen LogP contribution in [0.15, 0.2) is 72.4 Å². The van der Waals surface area contributed by atoms with Crippen molar-refractivity contribution in [2.24, 2.45) is 4.99 Å². The predicted octanol–water partition coefficient (Wildman–Crippen LogP) is 7.51. The second-order valence-corrected chi connectivity index (χ2v) is 8.53. The summed E-state index contributed by atoms with van der Waals surface area (Å²) in [4.78, 5) is 5.54. The minimum atomic E-state index is 0.703. The number of rotatable bonds is 4. The number of halogens is 3. The molecule has 122 valence electrons. The molecule has 0 saturated carbocycles. The fourth-order valence-corrected chi connectivity index (χ4v) is 3.75. The Labute approximate surface area is 172 Å². The SMILES string of the molecule is Cc1cc(N=Cc2cc(Br)c(Sc3ccc(Cl)cc3)o2)ccc1I. The summed E-state index contributed by atoms with van der Waals surface area (Å²) in [5.41, 5.74) is 2.12. The van der Waals surface area contributed by atoms with E-state index < -0.39 is 0 Å². The number of aliphatic imine (C=N–C) groups is 1. The quantitative estimate of drug-likeness (QED) is 0.257. The highest BCUT2D eigenvalue weighted by molar-refractivity contribution is 14.1. The molecule has 2 aromatic carbocycles. The number of benzene rings is 2. The van der Waals surface area contributed by atoms with Gasteiger partial charge < -0.3 is 4.42 Å². The first-order chi connectivity index (χ1) is 11.5. The van der Waals surface area contributed by atoms with Crippen LogP contribution < -0.4 is 0 Å². The summed E-state index contributed by atoms with van der Waals surface area (Å²) in [6, 6.07) is 15.7. The van der Waals surface area contributed by atoms with E-state index >= 15 is 0 Å². The maximum absolute atomic E-state index is 5.91. The smallest absolute Gasteiger partial charge is 0.179 e. The monoisotopic (exact) mass is 531 g/mol. The van der Waals surface area contributed by atoms with Crippen LogP contribution >= 0.6 is 61.9 Å². The van der Waals surface area contributed by atoms with E-state index in [0.29, 0.717) is 5.76 Å². The number of hydrogen-bond acceptors (Lipinski definition) is 3. The molecule has 2 nitrogen and oxygen atoms in total. The second-order valence-electron chi connectivity index (χ2n) is 5.03. The van der Waals surface area contributed by atoms with Crippen LogP contribution in [0, 0.1) is 10.5 Å². The highest BCUT2D eigenvalue weighted by atomic mass is 127. The van der Waals surface area contributed by atoms with Gasteiger partial charge in [-0.15, -0.1) is 0 Å². The summed E-state index contributed by atoms with van der Waals surface area (Å²) >= 11 is 13.3. The van der Waals surface area contributed by atoms with Crippen LogP contribution in [-0.2, 0) is 0 Å². The molecule has 1 aromatic heterocycles. The van der Waals surface area contributed by atoms with Crippen molar-refractivity contribution >= 4 is 73.8 Å². The highest BCUT2D eigenvalue weighted by Crippen LogP contribution is 2.36. The van der Waals surface area contributed by atoms with Gasteiger partial charge in [-0.05, 0) is 93.5 Å². The topological polar surface area (TPSA) is 25.5 Å². The summed E-state index contributed by atoms with van der Waals surface area (Å²) in [6.45, 7) is 2.07. The van der Waals surface area contributed by atoms with Gasteiger partial charge in [0.1, 0.15) is 5.76 Å². The Kier molecular flexibility index (Phi) is 6.07. The van der Waals surface area contributed by atoms with Crippen molar-refractivity contribution in [2.75, 3.05) is 0 Å². The average molecular weight is 533 g/mol. The molecule has 0 aliphatic rings. The van der Waals surface area contributed by atoms with Crippen molar-refractivity contribution in [3.8, 4) is 0 Å². The van der Waals surface area contributed by atoms with Crippen LogP contribution in [0.2, 0.25) is 5.02 Å². The average Bonchev–Trinajstić information content (AvgIpc) is 2.91. The fourth-order valence-electron chi connectivity index (χ4n) is 1.96. The van der Waals surface area contributed by atoms with Crippen molar-refractivity contribution in [3.05, 3.63) is 72.9 Å². The first-order valence-electron chi connectivity index (χ1n) is 7.04. The van der Waals surface area contributed by atoms with E-state index in [4.69, 9.17) is 16.0 Å². The standard InChI is InChI=1S/C18H12BrClINOS/c1-11-8-13(4-7-17(11)21)22-10-14-9-16(19)18(23-14)24-15-5-2-12(20)3-6-15/h2-10H,1H3. The fraction of sp³-hybridized carbons (Fsp3) is 0.0556. The second kappa shape index (κ2) is 8.08. The van der Waals surface area contributed by atoms with Gasteiger partial charge in [-0.25, -0.2) is 0 Å². The van der Waals surface area contributed by atoms with Crippen molar-refractivity contribution < 1.29 is 4.42 Å². The summed E-state index contributed by atoms with van der Waals surface area (Å²) < 4.78 is 7.99. The van der Waals surface area contributed by atoms with Crippen molar-refractivity contribution in [3.63, 3.8) is 0 Å². The molecular weight excluding hydrogens is 521 g/mol. The zero-order chi connectivity index (χ0) is 17.1. The van der Waals surface area contributed by atoms with Crippen LogP contribution in [0.25, 0.3) is 0 Å². The van der Waals surface area contributed by atoms with Crippen LogP contribution in [-0.4, -0.2) is 6.21 Å². The molecule has 0 spiro atoms. The molecule has 0 unspecified atom stereocenters. The minimum absolute atomic E-state index is 0.703. The lowest BCUT2D eigenvalue weighted by atomic mass is 10.2. The Bertz CT molecular complexity index is 893. The Morgan fingerprint density at radius 3 is 2.62 bits per heavy atom. The molecule has 0 amide bonds. The summed E-state index contributed by atoms with van der Waals surface area (Å²) in [5.74, 6) is 0.703. The minimum Gasteiger partial charge on any atom is -0.447 e. The van der Waals surface area contributed by atoms with Gasteiger partial charge in [-0.1, -0.05) is 23.4 Å². The van der Waals surface area contributed by atoms with E-state index in [-0.39, 0.29) is 0 Å². The first-order valence-corrected chi connectivity index (χ1v) is 10.1. The lowest BCUT2D eigenvalue weighted by molar-refractivity contribution is 0.466. The van der Waals surface area contributed by atoms with Gasteiger partial charge >= 0.3 is 0 Å². The number of furan rings is 1. The van der Waals surface area contributed by atoms with E-state index in [0.717, 1.165) is 25.2 Å². The zero-order valence-corrected chi connectivity index (χ0v) is 17.9. The number of aryl methyl sites for hydroxylation is 1. The van der Waals surface area contributed by atoms with E-state index in [2.05, 4.69) is 62.6 Å². The molecule has 24 heavy (non-hydrogen) atoms. The molecule has 0 atom stereocenters. The first kappa shape index (κ1) is 18.0. The number of nitrogens with zero attached hydrogens (tertiary/aromatic N) is 1. The van der Waals surface area contributed by atoms with Gasteiger partial charge in [-0.2, -0.15) is 0 Å². The van der Waals surface area contributed by atoms with Gasteiger partial charge in [0.2, 0.25) is 0 Å². The lowest BCUT2D eigenvalue weighted by Crippen LogP contribution is -1.79. The maximum atomic E-state index is 5.91. The molecule has 0 fully saturated rings. The zero-order valence-electron chi connectivity index (χ0n) is 12.6. The van der Waals surface area contributed by atoms with E-state index in [1.54, 1.807) is 6.21 Å². The highest BCUT2D eigenvalue weighted by Gasteiger charge is 2.09. The molecular formula is C18H12BrClINOS. The summed E-state index contributed by atoms with van der Waals surface area (Å²) in [6.07, 6.45) is 1.73. The summed E-state index contributed by atoms with van der Waals surface area (Å²) in [7, 11) is 0. The van der Waals surface area contributed by atoms with Crippen LogP contribution in [0.1, 0.15) is 11.3 Å². The Balaban J connectivity index is 1.76. The third-order valence-corrected chi connectivity index (χ3v) is 6.49. The van der Waals surface area contributed by atoms with Crippen LogP contribution in [0.3, 0.4) is 0 Å². The van der Waals surface area contributed by atoms with Crippen LogP contribution in [0.5, 0.6) is 0 Å². The lowest BCUT2D eigenvalue weighted by Gasteiger charge is -1.99. The van der Waals surface area contributed by atoms with Gasteiger partial charge in [0.05, 0.1) is 16.4 Å². The van der Waals surface area contributed by atoms with Crippen molar-refractivity contribution in [1.82, 2.24) is 0 Å². The van der Waals surface area contributed by atoms with Gasteiger partial charge in [0, 0.05) is 19.6 Å². The van der Waals surface area contributed by atoms with Gasteiger partial charge in [0.25, 0.3) is 0 Å². The molecule has 0 radical (unpaired) electrons. The molecule has 1 heterocycles. The van der Waals surface area contributed by atoms with Gasteiger partial charge in [-0.3, -0.25) is 4.99 Å². The van der Waals surface area contributed by atoms with Crippen molar-refractivity contribution in [1.29, 1.82) is 0 Å². The predicted molar refractivity (Wildman–Crippen MR) is 113 cm³/mol. The Morgan fingerprint density at radius 2 is 1.92 bits per heavy atom. The van der Waals surface area contributed by atoms with E-state index in [1.165, 1.54) is 20.9 Å². The summed E-state index contributed by atoms with van der Waals surface area (Å²) in [5, 5.41) is 1.51. The largest absolute Gasteiger partial charge is 0.447 e. The molecule has 3 aromatic rings. The molecule has 3 rings (SSSR count).